The van der Waals surface area contributed by atoms with Gasteiger partial charge >= 0.3 is 24.3 Å². The number of likely N-dealkylation sites (tertiary alicyclic amines) is 2. The molecular weight excluding hydrogens is 481 g/mol. The van der Waals surface area contributed by atoms with E-state index >= 15 is 0 Å². The molecule has 0 aromatic heterocycles. The normalized spacial score (nSPS) is 21.2. The van der Waals surface area contributed by atoms with Crippen LogP contribution < -0.4 is 11.1 Å². The van der Waals surface area contributed by atoms with Crippen molar-refractivity contribution in [3.05, 3.63) is 0 Å². The van der Waals surface area contributed by atoms with Gasteiger partial charge in [0.05, 0.1) is 0 Å². The molecule has 0 spiro atoms. The number of halogens is 3. The molecular formula is C24H43F3N4O5. The van der Waals surface area contributed by atoms with Crippen molar-refractivity contribution in [3.63, 3.8) is 0 Å². The van der Waals surface area contributed by atoms with E-state index in [1.165, 1.54) is 4.90 Å². The molecule has 0 radical (unpaired) electrons. The van der Waals surface area contributed by atoms with Gasteiger partial charge in [-0.15, -0.1) is 0 Å². The summed E-state index contributed by atoms with van der Waals surface area (Å²) in [5.41, 5.74) is 4.59. The second kappa shape index (κ2) is 13.3. The Morgan fingerprint density at radius 2 is 1.25 bits per heavy atom. The molecule has 0 unspecified atom stereocenters. The van der Waals surface area contributed by atoms with Crippen LogP contribution in [-0.2, 0) is 14.3 Å². The van der Waals surface area contributed by atoms with Gasteiger partial charge in [0.1, 0.15) is 11.2 Å². The lowest BCUT2D eigenvalue weighted by Crippen LogP contribution is -2.47. The van der Waals surface area contributed by atoms with Crippen LogP contribution in [0.2, 0.25) is 0 Å². The maximum Gasteiger partial charge on any atom is 0.471 e. The van der Waals surface area contributed by atoms with Gasteiger partial charge in [0, 0.05) is 32.7 Å². The SMILES string of the molecule is CC(C)(C)OC(=O)N1CCC[C@H](CN)C1.CC(C)(C)OC(=O)N1CCC[C@H](CNC(=O)C(F)(F)F)C1. The van der Waals surface area contributed by atoms with Crippen LogP contribution in [-0.4, -0.2) is 84.5 Å². The van der Waals surface area contributed by atoms with E-state index in [4.69, 9.17) is 15.2 Å². The molecule has 3 N–H and O–H groups in total. The van der Waals surface area contributed by atoms with Crippen molar-refractivity contribution in [2.75, 3.05) is 39.3 Å². The Hall–Kier alpha value is -2.24. The number of rotatable bonds is 3. The van der Waals surface area contributed by atoms with E-state index in [0.717, 1.165) is 25.9 Å². The quantitative estimate of drug-likeness (QED) is 0.579. The maximum atomic E-state index is 12.1. The Morgan fingerprint density at radius 3 is 1.64 bits per heavy atom. The highest BCUT2D eigenvalue weighted by molar-refractivity contribution is 5.81. The molecule has 210 valence electrons. The minimum atomic E-state index is -4.88. The zero-order valence-electron chi connectivity index (χ0n) is 22.4. The predicted molar refractivity (Wildman–Crippen MR) is 129 cm³/mol. The average Bonchev–Trinajstić information content (AvgIpc) is 2.75. The van der Waals surface area contributed by atoms with Crippen LogP contribution in [0.1, 0.15) is 67.2 Å². The third-order valence-electron chi connectivity index (χ3n) is 5.48. The van der Waals surface area contributed by atoms with E-state index in [1.807, 2.05) is 26.1 Å². The van der Waals surface area contributed by atoms with E-state index in [-0.39, 0.29) is 25.1 Å². The number of piperidine rings is 2. The second-order valence-electron chi connectivity index (χ2n) is 11.3. The van der Waals surface area contributed by atoms with Crippen molar-refractivity contribution >= 4 is 18.1 Å². The molecule has 0 saturated carbocycles. The third-order valence-corrected chi connectivity index (χ3v) is 5.48. The molecule has 0 aliphatic carbocycles. The molecule has 2 rings (SSSR count). The summed E-state index contributed by atoms with van der Waals surface area (Å²) in [6.07, 6.45) is -2.07. The van der Waals surface area contributed by atoms with Crippen molar-refractivity contribution in [2.45, 2.75) is 84.6 Å². The smallest absolute Gasteiger partial charge is 0.444 e. The number of carbonyl (C=O) groups is 3. The lowest BCUT2D eigenvalue weighted by molar-refractivity contribution is -0.173. The Kier molecular flexibility index (Phi) is 11.8. The number of hydrogen-bond acceptors (Lipinski definition) is 6. The number of ether oxygens (including phenoxy) is 2. The van der Waals surface area contributed by atoms with Crippen LogP contribution >= 0.6 is 0 Å². The van der Waals surface area contributed by atoms with Gasteiger partial charge < -0.3 is 30.3 Å². The first-order valence-corrected chi connectivity index (χ1v) is 12.4. The molecule has 2 heterocycles. The number of nitrogens with two attached hydrogens (primary N) is 1. The molecule has 0 bridgehead atoms. The number of carbonyl (C=O) groups excluding carboxylic acids is 3. The van der Waals surface area contributed by atoms with Gasteiger partial charge in [-0.3, -0.25) is 4.79 Å². The highest BCUT2D eigenvalue weighted by Crippen LogP contribution is 2.20. The highest BCUT2D eigenvalue weighted by atomic mass is 19.4. The monoisotopic (exact) mass is 524 g/mol. The zero-order valence-corrected chi connectivity index (χ0v) is 22.4. The third kappa shape index (κ3) is 12.6. The van der Waals surface area contributed by atoms with E-state index in [0.29, 0.717) is 31.8 Å². The van der Waals surface area contributed by atoms with Gasteiger partial charge in [-0.05, 0) is 85.6 Å². The van der Waals surface area contributed by atoms with Gasteiger partial charge in [-0.25, -0.2) is 9.59 Å². The van der Waals surface area contributed by atoms with Crippen molar-refractivity contribution in [1.29, 1.82) is 0 Å². The molecule has 3 amide bonds. The summed E-state index contributed by atoms with van der Waals surface area (Å²) in [6.45, 7) is 13.8. The molecule has 2 aliphatic heterocycles. The van der Waals surface area contributed by atoms with Gasteiger partial charge in [-0.2, -0.15) is 13.2 Å². The van der Waals surface area contributed by atoms with Gasteiger partial charge in [0.15, 0.2) is 0 Å². The van der Waals surface area contributed by atoms with Crippen molar-refractivity contribution in [2.24, 2.45) is 17.6 Å². The molecule has 2 saturated heterocycles. The largest absolute Gasteiger partial charge is 0.471 e. The Morgan fingerprint density at radius 1 is 0.833 bits per heavy atom. The van der Waals surface area contributed by atoms with Gasteiger partial charge in [0.25, 0.3) is 0 Å². The number of nitrogens with zero attached hydrogens (tertiary/aromatic N) is 2. The fourth-order valence-corrected chi connectivity index (χ4v) is 3.81. The van der Waals surface area contributed by atoms with Crippen LogP contribution in [0.5, 0.6) is 0 Å². The van der Waals surface area contributed by atoms with Crippen molar-refractivity contribution < 1.29 is 37.0 Å². The van der Waals surface area contributed by atoms with Crippen LogP contribution in [0.15, 0.2) is 0 Å². The summed E-state index contributed by atoms with van der Waals surface area (Å²) >= 11 is 0. The minimum absolute atomic E-state index is 0.0996. The summed E-state index contributed by atoms with van der Waals surface area (Å²) in [5.74, 6) is -1.71. The Labute approximate surface area is 212 Å². The van der Waals surface area contributed by atoms with Gasteiger partial charge in [0.2, 0.25) is 0 Å². The lowest BCUT2D eigenvalue weighted by Gasteiger charge is -2.34. The standard InChI is InChI=1S/C13H21F3N2O3.C11H22N2O2/c1-12(2,3)21-11(20)18-6-4-5-9(8-18)7-17-10(19)13(14,15)16;1-11(2,3)15-10(14)13-6-4-5-9(7-12)8-13/h9H,4-8H2,1-3H3,(H,17,19);9H,4-8,12H2,1-3H3/t2*9-/m11/s1. The predicted octanol–water partition coefficient (Wildman–Crippen LogP) is 3.90. The Bertz CT molecular complexity index is 735. The maximum absolute atomic E-state index is 12.1. The van der Waals surface area contributed by atoms with E-state index in [1.54, 1.807) is 25.7 Å². The minimum Gasteiger partial charge on any atom is -0.444 e. The average molecular weight is 525 g/mol. The molecule has 0 aromatic carbocycles. The van der Waals surface area contributed by atoms with Crippen LogP contribution in [0, 0.1) is 11.8 Å². The highest BCUT2D eigenvalue weighted by Gasteiger charge is 2.39. The Balaban J connectivity index is 0.000000381. The van der Waals surface area contributed by atoms with E-state index in [9.17, 15) is 27.6 Å². The molecule has 2 aliphatic rings. The van der Waals surface area contributed by atoms with Crippen molar-refractivity contribution in [1.82, 2.24) is 15.1 Å². The molecule has 2 atom stereocenters. The number of nitrogens with one attached hydrogen (secondary N) is 1. The number of amides is 3. The van der Waals surface area contributed by atoms with Crippen molar-refractivity contribution in [3.8, 4) is 0 Å². The first kappa shape index (κ1) is 31.8. The van der Waals surface area contributed by atoms with E-state index in [2.05, 4.69) is 0 Å². The molecule has 12 heteroatoms. The first-order chi connectivity index (χ1) is 16.4. The van der Waals surface area contributed by atoms with Crippen LogP contribution in [0.25, 0.3) is 0 Å². The topological polar surface area (TPSA) is 114 Å². The molecule has 2 fully saturated rings. The first-order valence-electron chi connectivity index (χ1n) is 12.4. The summed E-state index contributed by atoms with van der Waals surface area (Å²) in [6, 6.07) is 0. The van der Waals surface area contributed by atoms with Crippen LogP contribution in [0.4, 0.5) is 22.8 Å². The summed E-state index contributed by atoms with van der Waals surface area (Å²) in [5, 5.41) is 1.86. The summed E-state index contributed by atoms with van der Waals surface area (Å²) in [7, 11) is 0. The fraction of sp³-hybridized carbons (Fsp3) is 0.875. The molecule has 36 heavy (non-hydrogen) atoms. The van der Waals surface area contributed by atoms with Crippen LogP contribution in [0.3, 0.4) is 0 Å². The number of hydrogen-bond donors (Lipinski definition) is 2. The van der Waals surface area contributed by atoms with Gasteiger partial charge in [-0.1, -0.05) is 0 Å². The molecule has 0 aromatic rings. The fourth-order valence-electron chi connectivity index (χ4n) is 3.81. The number of alkyl halides is 3. The lowest BCUT2D eigenvalue weighted by atomic mass is 9.98. The summed E-state index contributed by atoms with van der Waals surface area (Å²) in [4.78, 5) is 37.6. The summed E-state index contributed by atoms with van der Waals surface area (Å²) < 4.78 is 46.8. The second-order valence-corrected chi connectivity index (χ2v) is 11.3. The zero-order chi connectivity index (χ0) is 27.7. The van der Waals surface area contributed by atoms with E-state index < -0.39 is 29.4 Å². The molecule has 9 nitrogen and oxygen atoms in total.